The van der Waals surface area contributed by atoms with Crippen LogP contribution in [0.15, 0.2) is 24.3 Å². The standard InChI is InChI=1S/C16H24N4O3.C11H22/c1-11(21)20-14(15(18)22)7-2-3-8-19-16(23)13-6-4-5-12(9-13)10-17;1-6-7-11(8-9(11)2)10(3,4)5/h4-6,9,14H,2-3,7-8,10,17H2,1H3,(H2,18,22)(H,19,23)(H,20,21);9H,6-8H2,1-5H3. The minimum atomic E-state index is -0.663. The van der Waals surface area contributed by atoms with Crippen molar-refractivity contribution in [3.8, 4) is 0 Å². The van der Waals surface area contributed by atoms with Crippen molar-refractivity contribution < 1.29 is 14.4 Å². The topological polar surface area (TPSA) is 127 Å². The third-order valence-electron chi connectivity index (χ3n) is 6.99. The molecule has 7 nitrogen and oxygen atoms in total. The van der Waals surface area contributed by atoms with Gasteiger partial charge in [0.2, 0.25) is 11.8 Å². The summed E-state index contributed by atoms with van der Waals surface area (Å²) in [5.41, 5.74) is 13.5. The van der Waals surface area contributed by atoms with Gasteiger partial charge >= 0.3 is 0 Å². The summed E-state index contributed by atoms with van der Waals surface area (Å²) < 4.78 is 0. The Bertz CT molecular complexity index is 818. The van der Waals surface area contributed by atoms with Crippen LogP contribution in [0.2, 0.25) is 0 Å². The van der Waals surface area contributed by atoms with Gasteiger partial charge in [-0.25, -0.2) is 0 Å². The zero-order valence-electron chi connectivity index (χ0n) is 22.0. The van der Waals surface area contributed by atoms with E-state index in [1.165, 1.54) is 26.2 Å². The largest absolute Gasteiger partial charge is 0.368 e. The number of carbonyl (C=O) groups is 3. The lowest BCUT2D eigenvalue weighted by Gasteiger charge is -2.31. The van der Waals surface area contributed by atoms with Crippen LogP contribution in [0.1, 0.15) is 96.0 Å². The smallest absolute Gasteiger partial charge is 0.251 e. The fourth-order valence-electron chi connectivity index (χ4n) is 4.85. The number of amides is 3. The minimum absolute atomic E-state index is 0.159. The predicted octanol–water partition coefficient (Wildman–Crippen LogP) is 3.89. The van der Waals surface area contributed by atoms with E-state index in [-0.39, 0.29) is 11.8 Å². The molecule has 0 spiro atoms. The number of nitrogens with one attached hydrogen (secondary N) is 2. The van der Waals surface area contributed by atoms with E-state index < -0.39 is 11.9 Å². The van der Waals surface area contributed by atoms with E-state index in [0.717, 1.165) is 11.5 Å². The molecule has 1 aliphatic carbocycles. The van der Waals surface area contributed by atoms with Gasteiger partial charge in [0.05, 0.1) is 0 Å². The van der Waals surface area contributed by atoms with Crippen molar-refractivity contribution in [2.24, 2.45) is 28.2 Å². The maximum Gasteiger partial charge on any atom is 0.251 e. The highest BCUT2D eigenvalue weighted by Gasteiger charge is 2.57. The van der Waals surface area contributed by atoms with Gasteiger partial charge < -0.3 is 22.1 Å². The molecule has 0 saturated heterocycles. The third kappa shape index (κ3) is 9.09. The first kappa shape index (κ1) is 29.6. The molecule has 3 amide bonds. The van der Waals surface area contributed by atoms with E-state index in [0.29, 0.717) is 48.7 Å². The van der Waals surface area contributed by atoms with Crippen molar-refractivity contribution in [2.45, 2.75) is 92.7 Å². The number of hydrogen-bond acceptors (Lipinski definition) is 4. The summed E-state index contributed by atoms with van der Waals surface area (Å²) in [4.78, 5) is 34.1. The number of hydrogen-bond donors (Lipinski definition) is 4. The van der Waals surface area contributed by atoms with Crippen molar-refractivity contribution >= 4 is 17.7 Å². The van der Waals surface area contributed by atoms with E-state index >= 15 is 0 Å². The Morgan fingerprint density at radius 1 is 1.21 bits per heavy atom. The van der Waals surface area contributed by atoms with Crippen LogP contribution in [0.3, 0.4) is 0 Å². The number of benzene rings is 1. The highest BCUT2D eigenvalue weighted by Crippen LogP contribution is 2.65. The monoisotopic (exact) mass is 474 g/mol. The molecule has 0 radical (unpaired) electrons. The summed E-state index contributed by atoms with van der Waals surface area (Å²) >= 11 is 0. The van der Waals surface area contributed by atoms with Gasteiger partial charge in [0.15, 0.2) is 0 Å². The SMILES string of the molecule is CC(=O)NC(CCCCNC(=O)c1cccc(CN)c1)C(N)=O.CCCC1(C(C)(C)C)CC1C. The van der Waals surface area contributed by atoms with E-state index in [9.17, 15) is 14.4 Å². The zero-order chi connectivity index (χ0) is 25.9. The second-order valence-corrected chi connectivity index (χ2v) is 10.6. The van der Waals surface area contributed by atoms with E-state index in [2.05, 4.69) is 45.3 Å². The molecule has 34 heavy (non-hydrogen) atoms. The Morgan fingerprint density at radius 2 is 1.85 bits per heavy atom. The second-order valence-electron chi connectivity index (χ2n) is 10.6. The van der Waals surface area contributed by atoms with Gasteiger partial charge in [-0.15, -0.1) is 0 Å². The molecule has 1 aliphatic rings. The summed E-state index contributed by atoms with van der Waals surface area (Å²) in [5, 5.41) is 5.32. The molecule has 2 rings (SSSR count). The Balaban J connectivity index is 0.000000437. The molecule has 192 valence electrons. The highest BCUT2D eigenvalue weighted by atomic mass is 16.2. The van der Waals surface area contributed by atoms with Gasteiger partial charge in [-0.1, -0.05) is 53.2 Å². The summed E-state index contributed by atoms with van der Waals surface area (Å²) in [6.07, 6.45) is 6.04. The van der Waals surface area contributed by atoms with Gasteiger partial charge in [-0.2, -0.15) is 0 Å². The first-order chi connectivity index (χ1) is 15.9. The third-order valence-corrected chi connectivity index (χ3v) is 6.99. The zero-order valence-corrected chi connectivity index (χ0v) is 22.0. The van der Waals surface area contributed by atoms with E-state index in [4.69, 9.17) is 11.5 Å². The Hall–Kier alpha value is -2.41. The summed E-state index contributed by atoms with van der Waals surface area (Å²) in [5.74, 6) is -0.0271. The van der Waals surface area contributed by atoms with Crippen LogP contribution in [0.25, 0.3) is 0 Å². The first-order valence-electron chi connectivity index (χ1n) is 12.5. The molecule has 3 atom stereocenters. The van der Waals surface area contributed by atoms with Crippen LogP contribution in [-0.4, -0.2) is 30.3 Å². The Kier molecular flexibility index (Phi) is 11.7. The normalized spacial score (nSPS) is 19.9. The minimum Gasteiger partial charge on any atom is -0.368 e. The summed E-state index contributed by atoms with van der Waals surface area (Å²) in [6.45, 7) is 14.1. The van der Waals surface area contributed by atoms with Gasteiger partial charge in [0, 0.05) is 25.6 Å². The summed E-state index contributed by atoms with van der Waals surface area (Å²) in [7, 11) is 0. The number of carbonyl (C=O) groups excluding carboxylic acids is 3. The first-order valence-corrected chi connectivity index (χ1v) is 12.5. The molecule has 0 aromatic heterocycles. The van der Waals surface area contributed by atoms with Gasteiger partial charge in [-0.3, -0.25) is 14.4 Å². The van der Waals surface area contributed by atoms with Crippen molar-refractivity contribution in [1.82, 2.24) is 10.6 Å². The van der Waals surface area contributed by atoms with Crippen LogP contribution in [0.5, 0.6) is 0 Å². The predicted molar refractivity (Wildman–Crippen MR) is 138 cm³/mol. The van der Waals surface area contributed by atoms with E-state index in [1.54, 1.807) is 18.2 Å². The van der Waals surface area contributed by atoms with Crippen molar-refractivity contribution in [1.29, 1.82) is 0 Å². The van der Waals surface area contributed by atoms with Crippen LogP contribution >= 0.6 is 0 Å². The van der Waals surface area contributed by atoms with E-state index in [1.807, 2.05) is 6.07 Å². The van der Waals surface area contributed by atoms with Gasteiger partial charge in [0.25, 0.3) is 5.91 Å². The maximum atomic E-state index is 12.0. The summed E-state index contributed by atoms with van der Waals surface area (Å²) in [6, 6.07) is 6.48. The second kappa shape index (κ2) is 13.5. The van der Waals surface area contributed by atoms with Gasteiger partial charge in [0.1, 0.15) is 6.04 Å². The lowest BCUT2D eigenvalue weighted by atomic mass is 9.73. The molecular weight excluding hydrogens is 428 g/mol. The molecule has 0 aliphatic heterocycles. The molecule has 0 heterocycles. The fourth-order valence-corrected chi connectivity index (χ4v) is 4.85. The molecule has 1 aromatic rings. The van der Waals surface area contributed by atoms with Crippen molar-refractivity contribution in [3.63, 3.8) is 0 Å². The maximum absolute atomic E-state index is 12.0. The number of rotatable bonds is 11. The molecule has 3 unspecified atom stereocenters. The number of nitrogens with two attached hydrogens (primary N) is 2. The van der Waals surface area contributed by atoms with Crippen LogP contribution in [0.4, 0.5) is 0 Å². The molecule has 1 aromatic carbocycles. The van der Waals surface area contributed by atoms with Crippen molar-refractivity contribution in [2.75, 3.05) is 6.54 Å². The van der Waals surface area contributed by atoms with Crippen LogP contribution < -0.4 is 22.1 Å². The fraction of sp³-hybridized carbons (Fsp3) is 0.667. The Labute approximate surface area is 205 Å². The molecular formula is C27H46N4O3. The molecule has 1 saturated carbocycles. The van der Waals surface area contributed by atoms with Crippen LogP contribution in [-0.2, 0) is 16.1 Å². The molecule has 0 bridgehead atoms. The number of primary amides is 1. The molecule has 1 fully saturated rings. The van der Waals surface area contributed by atoms with Gasteiger partial charge in [-0.05, 0) is 66.5 Å². The number of unbranched alkanes of at least 4 members (excludes halogenated alkanes) is 1. The molecule has 6 N–H and O–H groups in total. The Morgan fingerprint density at radius 3 is 2.29 bits per heavy atom. The van der Waals surface area contributed by atoms with Crippen LogP contribution in [0, 0.1) is 16.7 Å². The average Bonchev–Trinajstić information content (AvgIpc) is 3.43. The highest BCUT2D eigenvalue weighted by molar-refractivity contribution is 5.94. The lowest BCUT2D eigenvalue weighted by molar-refractivity contribution is -0.126. The molecule has 7 heteroatoms. The van der Waals surface area contributed by atoms with Crippen molar-refractivity contribution in [3.05, 3.63) is 35.4 Å². The lowest BCUT2D eigenvalue weighted by Crippen LogP contribution is -2.43. The average molecular weight is 475 g/mol. The quantitative estimate of drug-likeness (QED) is 0.363.